The van der Waals surface area contributed by atoms with Gasteiger partial charge >= 0.3 is 0 Å². The van der Waals surface area contributed by atoms with E-state index in [-0.39, 0.29) is 22.7 Å². The zero-order valence-corrected chi connectivity index (χ0v) is 16.1. The van der Waals surface area contributed by atoms with E-state index in [2.05, 4.69) is 10.3 Å². The number of aromatic nitrogens is 1. The predicted octanol–water partition coefficient (Wildman–Crippen LogP) is 3.32. The zero-order valence-electron chi connectivity index (χ0n) is 16.1. The Kier molecular flexibility index (Phi) is 6.75. The van der Waals surface area contributed by atoms with Gasteiger partial charge in [0.1, 0.15) is 11.4 Å². The Morgan fingerprint density at radius 2 is 2.00 bits per heavy atom. The summed E-state index contributed by atoms with van der Waals surface area (Å²) in [6.45, 7) is 6.02. The number of carbonyl (C=O) groups is 2. The van der Waals surface area contributed by atoms with E-state index in [1.54, 1.807) is 6.92 Å². The Morgan fingerprint density at radius 3 is 2.57 bits per heavy atom. The first-order valence-corrected chi connectivity index (χ1v) is 9.03. The molecule has 1 aromatic carbocycles. The summed E-state index contributed by atoms with van der Waals surface area (Å²) in [6.07, 6.45) is 2.13. The Balaban J connectivity index is 2.48. The fourth-order valence-electron chi connectivity index (χ4n) is 2.88. The van der Waals surface area contributed by atoms with Gasteiger partial charge in [-0.1, -0.05) is 20.3 Å². The SMILES string of the molecule is CCCOc1ccc([N+](=O)[O-])cc1C(=O)Nc1c(C(N)=O)[nH]c(C)c1CCC. The third kappa shape index (κ3) is 4.48. The fourth-order valence-corrected chi connectivity index (χ4v) is 2.88. The van der Waals surface area contributed by atoms with E-state index in [4.69, 9.17) is 10.5 Å². The van der Waals surface area contributed by atoms with Gasteiger partial charge in [-0.05, 0) is 31.4 Å². The maximum Gasteiger partial charge on any atom is 0.270 e. The van der Waals surface area contributed by atoms with Crippen molar-refractivity contribution < 1.29 is 19.2 Å². The van der Waals surface area contributed by atoms with Crippen LogP contribution in [0.5, 0.6) is 5.75 Å². The van der Waals surface area contributed by atoms with Crippen molar-refractivity contribution in [2.75, 3.05) is 11.9 Å². The van der Waals surface area contributed by atoms with Gasteiger partial charge in [-0.3, -0.25) is 19.7 Å². The molecule has 9 nitrogen and oxygen atoms in total. The predicted molar refractivity (Wildman–Crippen MR) is 105 cm³/mol. The molecule has 2 rings (SSSR count). The van der Waals surface area contributed by atoms with Crippen molar-refractivity contribution >= 4 is 23.2 Å². The lowest BCUT2D eigenvalue weighted by atomic mass is 10.1. The molecule has 2 amide bonds. The second kappa shape index (κ2) is 9.03. The van der Waals surface area contributed by atoms with Crippen molar-refractivity contribution in [2.45, 2.75) is 40.0 Å². The zero-order chi connectivity index (χ0) is 20.8. The molecular weight excluding hydrogens is 364 g/mol. The molecule has 1 heterocycles. The lowest BCUT2D eigenvalue weighted by Crippen LogP contribution is -2.19. The van der Waals surface area contributed by atoms with Crippen molar-refractivity contribution in [1.82, 2.24) is 4.98 Å². The van der Waals surface area contributed by atoms with Crippen LogP contribution >= 0.6 is 0 Å². The van der Waals surface area contributed by atoms with Crippen molar-refractivity contribution in [1.29, 1.82) is 0 Å². The number of nitro groups is 1. The van der Waals surface area contributed by atoms with E-state index >= 15 is 0 Å². The fraction of sp³-hybridized carbons (Fsp3) is 0.368. The summed E-state index contributed by atoms with van der Waals surface area (Å²) < 4.78 is 5.56. The molecule has 1 aromatic heterocycles. The summed E-state index contributed by atoms with van der Waals surface area (Å²) in [5.74, 6) is -1.09. The van der Waals surface area contributed by atoms with Crippen molar-refractivity contribution in [3.8, 4) is 5.75 Å². The first-order valence-electron chi connectivity index (χ1n) is 9.03. The highest BCUT2D eigenvalue weighted by Crippen LogP contribution is 2.29. The summed E-state index contributed by atoms with van der Waals surface area (Å²) in [5, 5.41) is 13.8. The van der Waals surface area contributed by atoms with Gasteiger partial charge < -0.3 is 20.8 Å². The number of hydrogen-bond acceptors (Lipinski definition) is 5. The van der Waals surface area contributed by atoms with Crippen LogP contribution in [0.4, 0.5) is 11.4 Å². The van der Waals surface area contributed by atoms with Crippen molar-refractivity contribution in [2.24, 2.45) is 5.73 Å². The monoisotopic (exact) mass is 388 g/mol. The molecule has 9 heteroatoms. The van der Waals surface area contributed by atoms with Crippen LogP contribution in [0.15, 0.2) is 18.2 Å². The number of amides is 2. The summed E-state index contributed by atoms with van der Waals surface area (Å²) in [5.41, 5.74) is 7.10. The number of H-pyrrole nitrogens is 1. The molecule has 0 atom stereocenters. The first-order chi connectivity index (χ1) is 13.3. The lowest BCUT2D eigenvalue weighted by Gasteiger charge is -2.12. The maximum absolute atomic E-state index is 12.9. The molecule has 0 spiro atoms. The van der Waals surface area contributed by atoms with Crippen molar-refractivity contribution in [3.63, 3.8) is 0 Å². The molecule has 0 radical (unpaired) electrons. The average Bonchev–Trinajstić information content (AvgIpc) is 2.96. The molecular formula is C19H24N4O5. The minimum absolute atomic E-state index is 0.0133. The molecule has 2 aromatic rings. The quantitative estimate of drug-likeness (QED) is 0.446. The normalized spacial score (nSPS) is 10.5. The van der Waals surface area contributed by atoms with Crippen LogP contribution in [-0.4, -0.2) is 28.3 Å². The van der Waals surface area contributed by atoms with Gasteiger partial charge in [0, 0.05) is 17.8 Å². The third-order valence-corrected chi connectivity index (χ3v) is 4.18. The van der Waals surface area contributed by atoms with Crippen molar-refractivity contribution in [3.05, 3.63) is 50.8 Å². The maximum atomic E-state index is 12.9. The van der Waals surface area contributed by atoms with Crippen LogP contribution in [0.2, 0.25) is 0 Å². The molecule has 150 valence electrons. The van der Waals surface area contributed by atoms with Crippen LogP contribution < -0.4 is 15.8 Å². The van der Waals surface area contributed by atoms with E-state index in [1.165, 1.54) is 12.1 Å². The smallest absolute Gasteiger partial charge is 0.270 e. The van der Waals surface area contributed by atoms with Crippen LogP contribution in [0.3, 0.4) is 0 Å². The molecule has 0 unspecified atom stereocenters. The lowest BCUT2D eigenvalue weighted by molar-refractivity contribution is -0.384. The molecule has 0 fully saturated rings. The number of aromatic amines is 1. The molecule has 0 saturated carbocycles. The van der Waals surface area contributed by atoms with E-state index in [9.17, 15) is 19.7 Å². The van der Waals surface area contributed by atoms with E-state index in [1.807, 2.05) is 13.8 Å². The highest BCUT2D eigenvalue weighted by atomic mass is 16.6. The van der Waals surface area contributed by atoms with Crippen LogP contribution in [-0.2, 0) is 6.42 Å². The number of nitro benzene ring substituents is 1. The number of nitrogens with one attached hydrogen (secondary N) is 2. The van der Waals surface area contributed by atoms with Gasteiger partial charge in [0.2, 0.25) is 0 Å². The number of non-ortho nitro benzene ring substituents is 1. The molecule has 0 aliphatic rings. The number of anilines is 1. The first kappa shape index (κ1) is 20.9. The second-order valence-corrected chi connectivity index (χ2v) is 6.33. The number of primary amides is 1. The number of nitrogens with zero attached hydrogens (tertiary/aromatic N) is 1. The molecule has 0 saturated heterocycles. The van der Waals surface area contributed by atoms with Gasteiger partial charge in [0.25, 0.3) is 17.5 Å². The van der Waals surface area contributed by atoms with Gasteiger partial charge in [-0.2, -0.15) is 0 Å². The number of rotatable bonds is 9. The van der Waals surface area contributed by atoms with Gasteiger partial charge in [0.05, 0.1) is 22.8 Å². The molecule has 0 bridgehead atoms. The third-order valence-electron chi connectivity index (χ3n) is 4.18. The standard InChI is InChI=1S/C19H24N4O5/c1-4-6-13-11(3)21-17(18(20)24)16(13)22-19(25)14-10-12(23(26)27)7-8-15(14)28-9-5-2/h7-8,10,21H,4-6,9H2,1-3H3,(H2,20,24)(H,22,25). The van der Waals surface area contributed by atoms with Gasteiger partial charge in [-0.25, -0.2) is 0 Å². The highest BCUT2D eigenvalue weighted by Gasteiger charge is 2.23. The molecule has 0 aliphatic heterocycles. The largest absolute Gasteiger partial charge is 0.493 e. The molecule has 4 N–H and O–H groups in total. The van der Waals surface area contributed by atoms with Gasteiger partial charge in [-0.15, -0.1) is 0 Å². The summed E-state index contributed by atoms with van der Waals surface area (Å²) in [7, 11) is 0. The Labute approximate surface area is 162 Å². The minimum atomic E-state index is -0.706. The number of carbonyl (C=O) groups excluding carboxylic acids is 2. The van der Waals surface area contributed by atoms with E-state index < -0.39 is 16.7 Å². The number of hydrogen-bond donors (Lipinski definition) is 3. The average molecular weight is 388 g/mol. The van der Waals surface area contributed by atoms with E-state index in [0.717, 1.165) is 23.7 Å². The summed E-state index contributed by atoms with van der Waals surface area (Å²) in [4.78, 5) is 38.2. The Bertz CT molecular complexity index is 904. The van der Waals surface area contributed by atoms with Crippen LogP contribution in [0.25, 0.3) is 0 Å². The number of ether oxygens (including phenoxy) is 1. The Hall–Kier alpha value is -3.36. The highest BCUT2D eigenvalue weighted by molar-refractivity contribution is 6.10. The van der Waals surface area contributed by atoms with E-state index in [0.29, 0.717) is 25.1 Å². The second-order valence-electron chi connectivity index (χ2n) is 6.33. The Morgan fingerprint density at radius 1 is 1.29 bits per heavy atom. The molecule has 0 aliphatic carbocycles. The van der Waals surface area contributed by atoms with Crippen LogP contribution in [0.1, 0.15) is 58.8 Å². The number of nitrogens with two attached hydrogens (primary N) is 1. The van der Waals surface area contributed by atoms with Gasteiger partial charge in [0.15, 0.2) is 0 Å². The van der Waals surface area contributed by atoms with Crippen LogP contribution in [0, 0.1) is 17.0 Å². The number of aryl methyl sites for hydroxylation is 1. The minimum Gasteiger partial charge on any atom is -0.493 e. The topological polar surface area (TPSA) is 140 Å². The summed E-state index contributed by atoms with van der Waals surface area (Å²) in [6, 6.07) is 3.83. The molecule has 28 heavy (non-hydrogen) atoms. The summed E-state index contributed by atoms with van der Waals surface area (Å²) >= 11 is 0. The number of benzene rings is 1.